The van der Waals surface area contributed by atoms with Gasteiger partial charge in [-0.3, -0.25) is 14.2 Å². The van der Waals surface area contributed by atoms with Gasteiger partial charge in [0, 0.05) is 45.5 Å². The summed E-state index contributed by atoms with van der Waals surface area (Å²) in [6, 6.07) is 13.6. The van der Waals surface area contributed by atoms with Gasteiger partial charge in [0.05, 0.1) is 11.7 Å². The zero-order valence-electron chi connectivity index (χ0n) is 17.0. The topological polar surface area (TPSA) is 27.0 Å². The number of halogens is 1. The molecule has 3 aromatic rings. The van der Waals surface area contributed by atoms with Gasteiger partial charge in [-0.1, -0.05) is 18.2 Å². The van der Waals surface area contributed by atoms with Crippen molar-refractivity contribution in [3.8, 4) is 0 Å². The molecule has 5 nitrogen and oxygen atoms in total. The second kappa shape index (κ2) is 7.76. The molecule has 2 aliphatic rings. The molecule has 2 aromatic heterocycles. The number of hydrogen-bond donors (Lipinski definition) is 0. The second-order valence-corrected chi connectivity index (χ2v) is 8.33. The summed E-state index contributed by atoms with van der Waals surface area (Å²) in [5, 5.41) is 0. The molecule has 152 valence electrons. The maximum atomic E-state index is 13.6. The highest BCUT2D eigenvalue weighted by Crippen LogP contribution is 2.28. The number of imidazole rings is 1. The summed E-state index contributed by atoms with van der Waals surface area (Å²) in [6.07, 6.45) is 4.74. The van der Waals surface area contributed by atoms with Crippen molar-refractivity contribution in [1.82, 2.24) is 19.2 Å². The first-order chi connectivity index (χ1) is 14.2. The van der Waals surface area contributed by atoms with E-state index in [0.717, 1.165) is 56.2 Å². The smallest absolute Gasteiger partial charge is 0.138 e. The summed E-state index contributed by atoms with van der Waals surface area (Å²) < 4.78 is 15.8. The van der Waals surface area contributed by atoms with E-state index in [9.17, 15) is 4.39 Å². The molecular weight excluding hydrogens is 365 g/mol. The SMILES string of the molecule is CN1CCN(Cc2cccc(F)c2)C[C@H]1c1cn2c(N3CCCC3)cccc2n1. The standard InChI is InChI=1S/C23H28FN5/c1-26-12-13-27(15-18-6-4-7-19(24)14-18)17-21(26)20-16-29-22(25-20)8-5-9-23(29)28-10-2-3-11-28/h4-9,14,16,21H,2-3,10-13,15,17H2,1H3/t21-/m0/s1. The number of fused-ring (bicyclic) bond motifs is 1. The Morgan fingerprint density at radius 3 is 2.69 bits per heavy atom. The van der Waals surface area contributed by atoms with E-state index in [1.807, 2.05) is 6.07 Å². The molecule has 2 aliphatic heterocycles. The summed E-state index contributed by atoms with van der Waals surface area (Å²) in [5.74, 6) is 1.08. The summed E-state index contributed by atoms with van der Waals surface area (Å²) in [6.45, 7) is 5.88. The van der Waals surface area contributed by atoms with Crippen molar-refractivity contribution in [2.24, 2.45) is 0 Å². The fourth-order valence-corrected chi connectivity index (χ4v) is 4.67. The lowest BCUT2D eigenvalue weighted by Gasteiger charge is -2.38. The first kappa shape index (κ1) is 18.6. The van der Waals surface area contributed by atoms with Crippen LogP contribution in [0.3, 0.4) is 0 Å². The number of aromatic nitrogens is 2. The zero-order chi connectivity index (χ0) is 19.8. The molecular formula is C23H28FN5. The van der Waals surface area contributed by atoms with E-state index < -0.39 is 0 Å². The third-order valence-corrected chi connectivity index (χ3v) is 6.29. The maximum absolute atomic E-state index is 13.6. The Bertz CT molecular complexity index is 994. The van der Waals surface area contributed by atoms with Gasteiger partial charge in [0.2, 0.25) is 0 Å². The van der Waals surface area contributed by atoms with Crippen molar-refractivity contribution < 1.29 is 4.39 Å². The zero-order valence-corrected chi connectivity index (χ0v) is 17.0. The van der Waals surface area contributed by atoms with Crippen molar-refractivity contribution >= 4 is 11.5 Å². The Balaban J connectivity index is 1.40. The minimum atomic E-state index is -0.164. The molecule has 2 fully saturated rings. The molecule has 2 saturated heterocycles. The van der Waals surface area contributed by atoms with Crippen LogP contribution < -0.4 is 4.90 Å². The van der Waals surface area contributed by atoms with Crippen LogP contribution in [0.4, 0.5) is 10.2 Å². The van der Waals surface area contributed by atoms with E-state index in [2.05, 4.69) is 50.5 Å². The molecule has 1 aromatic carbocycles. The monoisotopic (exact) mass is 393 g/mol. The minimum Gasteiger partial charge on any atom is -0.358 e. The molecule has 0 aliphatic carbocycles. The molecule has 0 radical (unpaired) electrons. The van der Waals surface area contributed by atoms with Crippen LogP contribution in [0.5, 0.6) is 0 Å². The average molecular weight is 394 g/mol. The fourth-order valence-electron chi connectivity index (χ4n) is 4.67. The highest BCUT2D eigenvalue weighted by molar-refractivity contribution is 5.53. The normalized spacial score (nSPS) is 21.3. The highest BCUT2D eigenvalue weighted by Gasteiger charge is 2.28. The Hall–Kier alpha value is -2.44. The molecule has 5 rings (SSSR count). The first-order valence-corrected chi connectivity index (χ1v) is 10.6. The van der Waals surface area contributed by atoms with Crippen LogP contribution in [0.15, 0.2) is 48.7 Å². The van der Waals surface area contributed by atoms with Crippen LogP contribution in [0.25, 0.3) is 5.65 Å². The summed E-state index contributed by atoms with van der Waals surface area (Å²) in [4.78, 5) is 12.2. The van der Waals surface area contributed by atoms with E-state index in [-0.39, 0.29) is 11.9 Å². The van der Waals surface area contributed by atoms with Gasteiger partial charge in [-0.2, -0.15) is 0 Å². The number of piperazine rings is 1. The van der Waals surface area contributed by atoms with Crippen LogP contribution in [0.2, 0.25) is 0 Å². The Morgan fingerprint density at radius 2 is 1.86 bits per heavy atom. The Labute approximate surface area is 171 Å². The molecule has 0 saturated carbocycles. The van der Waals surface area contributed by atoms with Crippen molar-refractivity contribution in [3.05, 3.63) is 65.7 Å². The molecule has 0 bridgehead atoms. The van der Waals surface area contributed by atoms with Crippen molar-refractivity contribution in [2.45, 2.75) is 25.4 Å². The van der Waals surface area contributed by atoms with Gasteiger partial charge in [-0.05, 0) is 49.7 Å². The molecule has 4 heterocycles. The van der Waals surface area contributed by atoms with Crippen LogP contribution in [-0.2, 0) is 6.54 Å². The molecule has 29 heavy (non-hydrogen) atoms. The largest absolute Gasteiger partial charge is 0.358 e. The minimum absolute atomic E-state index is 0.164. The second-order valence-electron chi connectivity index (χ2n) is 8.33. The van der Waals surface area contributed by atoms with E-state index in [4.69, 9.17) is 4.98 Å². The maximum Gasteiger partial charge on any atom is 0.138 e. The molecule has 0 amide bonds. The van der Waals surface area contributed by atoms with E-state index in [1.165, 1.54) is 24.7 Å². The third kappa shape index (κ3) is 3.74. The number of nitrogens with zero attached hydrogens (tertiary/aromatic N) is 5. The van der Waals surface area contributed by atoms with E-state index in [0.29, 0.717) is 0 Å². The first-order valence-electron chi connectivity index (χ1n) is 10.6. The predicted molar refractivity (Wildman–Crippen MR) is 114 cm³/mol. The van der Waals surface area contributed by atoms with E-state index in [1.54, 1.807) is 12.1 Å². The molecule has 0 spiro atoms. The summed E-state index contributed by atoms with van der Waals surface area (Å²) >= 11 is 0. The quantitative estimate of drug-likeness (QED) is 0.677. The third-order valence-electron chi connectivity index (χ3n) is 6.29. The predicted octanol–water partition coefficient (Wildman–Crippen LogP) is 3.56. The molecule has 0 unspecified atom stereocenters. The van der Waals surface area contributed by atoms with Crippen molar-refractivity contribution in [2.75, 3.05) is 44.7 Å². The van der Waals surface area contributed by atoms with E-state index >= 15 is 0 Å². The molecule has 0 N–H and O–H groups in total. The lowest BCUT2D eigenvalue weighted by molar-refractivity contribution is 0.0885. The molecule has 1 atom stereocenters. The number of benzene rings is 1. The van der Waals surface area contributed by atoms with Gasteiger partial charge in [-0.25, -0.2) is 9.37 Å². The van der Waals surface area contributed by atoms with Crippen molar-refractivity contribution in [3.63, 3.8) is 0 Å². The number of pyridine rings is 1. The number of anilines is 1. The summed E-state index contributed by atoms with van der Waals surface area (Å²) in [7, 11) is 2.18. The average Bonchev–Trinajstić information content (AvgIpc) is 3.39. The number of hydrogen-bond acceptors (Lipinski definition) is 4. The number of likely N-dealkylation sites (N-methyl/N-ethyl adjacent to an activating group) is 1. The fraction of sp³-hybridized carbons (Fsp3) is 0.435. The van der Waals surface area contributed by atoms with Gasteiger partial charge in [0.1, 0.15) is 17.3 Å². The van der Waals surface area contributed by atoms with Gasteiger partial charge < -0.3 is 4.90 Å². The Morgan fingerprint density at radius 1 is 1.03 bits per heavy atom. The van der Waals surface area contributed by atoms with Crippen molar-refractivity contribution in [1.29, 1.82) is 0 Å². The van der Waals surface area contributed by atoms with Gasteiger partial charge in [-0.15, -0.1) is 0 Å². The van der Waals surface area contributed by atoms with Gasteiger partial charge in [0.25, 0.3) is 0 Å². The summed E-state index contributed by atoms with van der Waals surface area (Å²) in [5.41, 5.74) is 3.16. The Kier molecular flexibility index (Phi) is 4.97. The lowest BCUT2D eigenvalue weighted by Crippen LogP contribution is -2.46. The van der Waals surface area contributed by atoms with Gasteiger partial charge in [0.15, 0.2) is 0 Å². The van der Waals surface area contributed by atoms with Crippen LogP contribution in [0, 0.1) is 5.82 Å². The van der Waals surface area contributed by atoms with Crippen LogP contribution in [0.1, 0.15) is 30.1 Å². The van der Waals surface area contributed by atoms with Crippen LogP contribution >= 0.6 is 0 Å². The molecule has 6 heteroatoms. The van der Waals surface area contributed by atoms with Crippen LogP contribution in [-0.4, -0.2) is 59.0 Å². The highest BCUT2D eigenvalue weighted by atomic mass is 19.1. The van der Waals surface area contributed by atoms with Gasteiger partial charge >= 0.3 is 0 Å². The lowest BCUT2D eigenvalue weighted by atomic mass is 10.1. The number of rotatable bonds is 4.